The normalized spacial score (nSPS) is 10.6. The van der Waals surface area contributed by atoms with Gasteiger partial charge in [-0.05, 0) is 151 Å². The third kappa shape index (κ3) is 9.29. The van der Waals surface area contributed by atoms with Crippen molar-refractivity contribution in [1.82, 2.24) is 0 Å². The van der Waals surface area contributed by atoms with Gasteiger partial charge in [-0.3, -0.25) is 38.4 Å². The Balaban J connectivity index is 1.36. The Hall–Kier alpha value is -9.14. The van der Waals surface area contributed by atoms with Crippen LogP contribution in [0.25, 0.3) is 55.7 Å². The summed E-state index contributed by atoms with van der Waals surface area (Å²) in [6, 6.07) is 51.0. The molecular weight excluding hydrogens is 825 g/mol. The van der Waals surface area contributed by atoms with E-state index in [0.717, 1.165) is 55.7 Å². The molecule has 0 amide bonds. The minimum Gasteiger partial charge on any atom is -0.298 e. The number of carbonyl (C=O) groups excluding carboxylic acids is 8. The highest BCUT2D eigenvalue weighted by Crippen LogP contribution is 2.40. The molecule has 0 atom stereocenters. The van der Waals surface area contributed by atoms with E-state index in [1.807, 2.05) is 97.1 Å². The monoisotopic (exact) mass is 860 g/mol. The second-order valence-electron chi connectivity index (χ2n) is 15.6. The van der Waals surface area contributed by atoms with Crippen LogP contribution in [0.4, 0.5) is 0 Å². The average Bonchev–Trinajstić information content (AvgIpc) is 3.39. The summed E-state index contributed by atoms with van der Waals surface area (Å²) in [5, 5.41) is 0. The van der Waals surface area contributed by atoms with E-state index in [1.54, 1.807) is 48.5 Å². The molecule has 8 aromatic carbocycles. The first-order valence-electron chi connectivity index (χ1n) is 20.7. The lowest BCUT2D eigenvalue weighted by atomic mass is 9.84. The van der Waals surface area contributed by atoms with E-state index in [2.05, 4.69) is 0 Å². The largest absolute Gasteiger partial charge is 0.298 e. The molecule has 0 aliphatic rings. The van der Waals surface area contributed by atoms with Gasteiger partial charge in [-0.25, -0.2) is 0 Å². The molecule has 0 N–H and O–H groups in total. The zero-order valence-electron chi connectivity index (χ0n) is 35.1. The maximum absolute atomic E-state index is 11.8. The zero-order chi connectivity index (χ0) is 46.2. The molecule has 316 valence electrons. The Labute approximate surface area is 379 Å². The van der Waals surface area contributed by atoms with Crippen LogP contribution in [0.3, 0.4) is 0 Å². The van der Waals surface area contributed by atoms with Gasteiger partial charge in [0.05, 0.1) is 0 Å². The van der Waals surface area contributed by atoms with Crippen molar-refractivity contribution < 1.29 is 38.4 Å². The Kier molecular flexibility index (Phi) is 12.9. The lowest BCUT2D eigenvalue weighted by molar-refractivity contribution is 0.111. The standard InChI is InChI=1S/C58H36O8/c59-29-37-17-38(30-60)22-53(21-37)45-1-9-49(10-2-45)57(50-11-3-46(4-12-50)54-23-39(31-61)18-40(24-54)32-62)58(51-13-5-47(6-14-51)55-25-41(33-63)19-42(26-55)34-64)52-15-7-48(8-16-52)56-27-43(35-65)20-44(28-56)36-66/h1-36H. The van der Waals surface area contributed by atoms with Gasteiger partial charge in [-0.15, -0.1) is 0 Å². The number of benzene rings is 8. The number of hydrogen-bond donors (Lipinski definition) is 0. The van der Waals surface area contributed by atoms with Crippen LogP contribution in [0.2, 0.25) is 0 Å². The van der Waals surface area contributed by atoms with Crippen molar-refractivity contribution >= 4 is 61.4 Å². The maximum atomic E-state index is 11.8. The third-order valence-electron chi connectivity index (χ3n) is 11.3. The Morgan fingerprint density at radius 3 is 0.485 bits per heavy atom. The van der Waals surface area contributed by atoms with Crippen LogP contribution in [0.1, 0.15) is 105 Å². The molecule has 0 radical (unpaired) electrons. The number of hydrogen-bond acceptors (Lipinski definition) is 8. The van der Waals surface area contributed by atoms with Crippen molar-refractivity contribution in [1.29, 1.82) is 0 Å². The smallest absolute Gasteiger partial charge is 0.150 e. The van der Waals surface area contributed by atoms with Crippen LogP contribution >= 0.6 is 0 Å². The van der Waals surface area contributed by atoms with Gasteiger partial charge in [0.1, 0.15) is 50.3 Å². The molecule has 0 unspecified atom stereocenters. The predicted molar refractivity (Wildman–Crippen MR) is 256 cm³/mol. The second kappa shape index (κ2) is 19.5. The molecule has 0 spiro atoms. The quantitative estimate of drug-likeness (QED) is 0.0692. The first kappa shape index (κ1) is 43.5. The van der Waals surface area contributed by atoms with Crippen molar-refractivity contribution in [3.63, 3.8) is 0 Å². The van der Waals surface area contributed by atoms with E-state index >= 15 is 0 Å². The van der Waals surface area contributed by atoms with E-state index in [1.165, 1.54) is 24.3 Å². The average molecular weight is 861 g/mol. The highest BCUT2D eigenvalue weighted by Gasteiger charge is 2.19. The maximum Gasteiger partial charge on any atom is 0.150 e. The molecule has 8 heteroatoms. The van der Waals surface area contributed by atoms with Gasteiger partial charge in [0, 0.05) is 44.5 Å². The van der Waals surface area contributed by atoms with Gasteiger partial charge in [0.2, 0.25) is 0 Å². The number of rotatable bonds is 16. The van der Waals surface area contributed by atoms with Crippen molar-refractivity contribution in [3.05, 3.63) is 237 Å². The molecule has 0 aliphatic heterocycles. The lowest BCUT2D eigenvalue weighted by Crippen LogP contribution is -1.99. The summed E-state index contributed by atoms with van der Waals surface area (Å²) in [5.41, 5.74) is 13.7. The summed E-state index contributed by atoms with van der Waals surface area (Å²) < 4.78 is 0. The van der Waals surface area contributed by atoms with Gasteiger partial charge in [0.15, 0.2) is 0 Å². The molecule has 0 saturated carbocycles. The SMILES string of the molecule is O=Cc1cc(C=O)cc(-c2ccc(C(=C(c3ccc(-c4cc(C=O)cc(C=O)c4)cc3)c3ccc(-c4cc(C=O)cc(C=O)c4)cc3)c3ccc(-c4cc(C=O)cc(C=O)c4)cc3)cc2)c1. The fourth-order valence-electron chi connectivity index (χ4n) is 8.15. The van der Waals surface area contributed by atoms with E-state index in [0.29, 0.717) is 117 Å². The molecule has 0 aromatic heterocycles. The van der Waals surface area contributed by atoms with Crippen LogP contribution < -0.4 is 0 Å². The molecule has 0 fully saturated rings. The molecule has 0 aliphatic carbocycles. The first-order valence-corrected chi connectivity index (χ1v) is 20.7. The Morgan fingerprint density at radius 2 is 0.348 bits per heavy atom. The second-order valence-corrected chi connectivity index (χ2v) is 15.6. The molecule has 8 nitrogen and oxygen atoms in total. The van der Waals surface area contributed by atoms with Crippen molar-refractivity contribution in [3.8, 4) is 44.5 Å². The van der Waals surface area contributed by atoms with E-state index < -0.39 is 0 Å². The molecule has 0 heterocycles. The minimum absolute atomic E-state index is 0.369. The van der Waals surface area contributed by atoms with Crippen LogP contribution in [0.15, 0.2) is 170 Å². The van der Waals surface area contributed by atoms with E-state index in [-0.39, 0.29) is 0 Å². The van der Waals surface area contributed by atoms with Gasteiger partial charge < -0.3 is 0 Å². The first-order chi connectivity index (χ1) is 32.3. The van der Waals surface area contributed by atoms with Gasteiger partial charge in [-0.2, -0.15) is 0 Å². The molecule has 0 bridgehead atoms. The Bertz CT molecular complexity index is 2710. The van der Waals surface area contributed by atoms with Gasteiger partial charge >= 0.3 is 0 Å². The van der Waals surface area contributed by atoms with Crippen LogP contribution in [0.5, 0.6) is 0 Å². The molecule has 66 heavy (non-hydrogen) atoms. The fraction of sp³-hybridized carbons (Fsp3) is 0. The minimum atomic E-state index is 0.369. The summed E-state index contributed by atoms with van der Waals surface area (Å²) in [6.45, 7) is 0. The summed E-state index contributed by atoms with van der Waals surface area (Å²) in [5.74, 6) is 0. The molecule has 8 aromatic rings. The van der Waals surface area contributed by atoms with Gasteiger partial charge in [-0.1, -0.05) is 97.1 Å². The van der Waals surface area contributed by atoms with Crippen molar-refractivity contribution in [2.75, 3.05) is 0 Å². The van der Waals surface area contributed by atoms with E-state index in [9.17, 15) is 38.4 Å². The predicted octanol–water partition coefficient (Wildman–Crippen LogP) is 11.9. The number of aldehydes is 8. The van der Waals surface area contributed by atoms with Crippen LogP contribution in [-0.2, 0) is 0 Å². The molecular formula is C58H36O8. The van der Waals surface area contributed by atoms with Crippen LogP contribution in [-0.4, -0.2) is 50.3 Å². The summed E-state index contributed by atoms with van der Waals surface area (Å²) in [4.78, 5) is 94.3. The van der Waals surface area contributed by atoms with Crippen molar-refractivity contribution in [2.24, 2.45) is 0 Å². The highest BCUT2D eigenvalue weighted by atomic mass is 16.1. The van der Waals surface area contributed by atoms with Crippen molar-refractivity contribution in [2.45, 2.75) is 0 Å². The molecule has 0 saturated heterocycles. The highest BCUT2D eigenvalue weighted by molar-refractivity contribution is 6.05. The summed E-state index contributed by atoms with van der Waals surface area (Å²) >= 11 is 0. The third-order valence-corrected chi connectivity index (χ3v) is 11.3. The zero-order valence-corrected chi connectivity index (χ0v) is 35.1. The van der Waals surface area contributed by atoms with Crippen LogP contribution in [0, 0.1) is 0 Å². The van der Waals surface area contributed by atoms with Gasteiger partial charge in [0.25, 0.3) is 0 Å². The summed E-state index contributed by atoms with van der Waals surface area (Å²) in [7, 11) is 0. The topological polar surface area (TPSA) is 137 Å². The fourth-order valence-corrected chi connectivity index (χ4v) is 8.15. The summed E-state index contributed by atoms with van der Waals surface area (Å²) in [6.07, 6.45) is 5.62. The number of carbonyl (C=O) groups is 8. The Morgan fingerprint density at radius 1 is 0.197 bits per heavy atom. The molecule has 8 rings (SSSR count). The lowest BCUT2D eigenvalue weighted by Gasteiger charge is -2.20. The van der Waals surface area contributed by atoms with E-state index in [4.69, 9.17) is 0 Å².